The van der Waals surface area contributed by atoms with E-state index in [9.17, 15) is 4.79 Å². The molecule has 3 heterocycles. The van der Waals surface area contributed by atoms with E-state index in [2.05, 4.69) is 44.0 Å². The molecule has 1 aromatic heterocycles. The number of hydrogen-bond donors (Lipinski definition) is 0. The average molecular weight is 365 g/mol. The van der Waals surface area contributed by atoms with E-state index in [1.54, 1.807) is 12.4 Å². The summed E-state index contributed by atoms with van der Waals surface area (Å²) >= 11 is 0. The average Bonchev–Trinajstić information content (AvgIpc) is 3.06. The van der Waals surface area contributed by atoms with E-state index in [1.165, 1.54) is 11.1 Å². The van der Waals surface area contributed by atoms with Crippen molar-refractivity contribution in [3.63, 3.8) is 0 Å². The van der Waals surface area contributed by atoms with Crippen LogP contribution in [0.4, 0.5) is 5.95 Å². The van der Waals surface area contributed by atoms with Crippen molar-refractivity contribution in [2.75, 3.05) is 44.7 Å². The number of aromatic nitrogens is 2. The number of nitrogens with zero attached hydrogens (tertiary/aromatic N) is 5. The summed E-state index contributed by atoms with van der Waals surface area (Å²) in [6.07, 6.45) is 6.27. The Morgan fingerprint density at radius 1 is 1.04 bits per heavy atom. The lowest BCUT2D eigenvalue weighted by Gasteiger charge is -2.34. The topological polar surface area (TPSA) is 52.6 Å². The zero-order valence-electron chi connectivity index (χ0n) is 15.9. The second-order valence-corrected chi connectivity index (χ2v) is 7.43. The van der Waals surface area contributed by atoms with E-state index in [-0.39, 0.29) is 11.9 Å². The van der Waals surface area contributed by atoms with Crippen molar-refractivity contribution < 1.29 is 4.79 Å². The SMILES string of the molecule is CN1C(=O)CCC1c1ccc(CCN2CCN(c3ncccn3)CC2)cc1. The summed E-state index contributed by atoms with van der Waals surface area (Å²) in [4.78, 5) is 27.1. The largest absolute Gasteiger partial charge is 0.339 e. The van der Waals surface area contributed by atoms with Gasteiger partial charge in [-0.25, -0.2) is 9.97 Å². The van der Waals surface area contributed by atoms with E-state index in [0.717, 1.165) is 51.5 Å². The van der Waals surface area contributed by atoms with Gasteiger partial charge >= 0.3 is 0 Å². The molecule has 0 N–H and O–H groups in total. The Bertz CT molecular complexity index is 756. The van der Waals surface area contributed by atoms with Crippen molar-refractivity contribution in [2.24, 2.45) is 0 Å². The zero-order valence-corrected chi connectivity index (χ0v) is 15.9. The Hall–Kier alpha value is -2.47. The zero-order chi connectivity index (χ0) is 18.6. The maximum Gasteiger partial charge on any atom is 0.225 e. The minimum absolute atomic E-state index is 0.250. The van der Waals surface area contributed by atoms with E-state index >= 15 is 0 Å². The Morgan fingerprint density at radius 3 is 2.37 bits per heavy atom. The molecule has 0 radical (unpaired) electrons. The molecule has 2 aromatic rings. The molecule has 1 amide bonds. The number of likely N-dealkylation sites (tertiary alicyclic amines) is 1. The first kappa shape index (κ1) is 17.9. The lowest BCUT2D eigenvalue weighted by molar-refractivity contribution is -0.127. The molecule has 0 saturated carbocycles. The fourth-order valence-electron chi connectivity index (χ4n) is 4.01. The molecule has 2 aliphatic rings. The van der Waals surface area contributed by atoms with Crippen LogP contribution in [0.15, 0.2) is 42.7 Å². The van der Waals surface area contributed by atoms with Gasteiger partial charge in [0.1, 0.15) is 0 Å². The van der Waals surface area contributed by atoms with Crippen LogP contribution < -0.4 is 4.90 Å². The molecular formula is C21H27N5O. The molecular weight excluding hydrogens is 338 g/mol. The standard InChI is InChI=1S/C21H27N5O/c1-24-19(7-8-20(24)27)18-5-3-17(4-6-18)9-12-25-13-15-26(16-14-25)21-22-10-2-11-23-21/h2-6,10-11,19H,7-9,12-16H2,1H3. The predicted molar refractivity (Wildman–Crippen MR) is 106 cm³/mol. The highest BCUT2D eigenvalue weighted by Gasteiger charge is 2.28. The molecule has 4 rings (SSSR count). The van der Waals surface area contributed by atoms with Crippen LogP contribution in [0.5, 0.6) is 0 Å². The summed E-state index contributed by atoms with van der Waals surface area (Å²) in [5.41, 5.74) is 2.61. The van der Waals surface area contributed by atoms with Crippen molar-refractivity contribution in [1.82, 2.24) is 19.8 Å². The number of rotatable bonds is 5. The smallest absolute Gasteiger partial charge is 0.225 e. The van der Waals surface area contributed by atoms with Gasteiger partial charge in [0.15, 0.2) is 0 Å². The van der Waals surface area contributed by atoms with Crippen LogP contribution in [-0.2, 0) is 11.2 Å². The number of carbonyl (C=O) groups excluding carboxylic acids is 1. The highest BCUT2D eigenvalue weighted by molar-refractivity contribution is 5.78. The van der Waals surface area contributed by atoms with Gasteiger partial charge in [-0.05, 0) is 30.0 Å². The van der Waals surface area contributed by atoms with Gasteiger partial charge < -0.3 is 9.80 Å². The number of anilines is 1. The van der Waals surface area contributed by atoms with Crippen LogP contribution in [-0.4, -0.2) is 65.4 Å². The highest BCUT2D eigenvalue weighted by Crippen LogP contribution is 2.31. The highest BCUT2D eigenvalue weighted by atomic mass is 16.2. The summed E-state index contributed by atoms with van der Waals surface area (Å²) in [5, 5.41) is 0. The fourth-order valence-corrected chi connectivity index (χ4v) is 4.01. The van der Waals surface area contributed by atoms with Gasteiger partial charge in [0.05, 0.1) is 6.04 Å². The third kappa shape index (κ3) is 4.11. The van der Waals surface area contributed by atoms with E-state index in [1.807, 2.05) is 18.0 Å². The quantitative estimate of drug-likeness (QED) is 0.813. The van der Waals surface area contributed by atoms with Crippen molar-refractivity contribution in [2.45, 2.75) is 25.3 Å². The van der Waals surface area contributed by atoms with Gasteiger partial charge in [-0.2, -0.15) is 0 Å². The first-order chi connectivity index (χ1) is 13.2. The second kappa shape index (κ2) is 8.05. The first-order valence-corrected chi connectivity index (χ1v) is 9.79. The van der Waals surface area contributed by atoms with Crippen molar-refractivity contribution in [1.29, 1.82) is 0 Å². The first-order valence-electron chi connectivity index (χ1n) is 9.79. The predicted octanol–water partition coefficient (Wildman–Crippen LogP) is 2.13. The number of carbonyl (C=O) groups is 1. The Labute approximate surface area is 160 Å². The third-order valence-corrected chi connectivity index (χ3v) is 5.78. The van der Waals surface area contributed by atoms with Crippen LogP contribution in [0.3, 0.4) is 0 Å². The molecule has 1 atom stereocenters. The Morgan fingerprint density at radius 2 is 1.74 bits per heavy atom. The number of hydrogen-bond acceptors (Lipinski definition) is 5. The van der Waals surface area contributed by atoms with Crippen molar-refractivity contribution in [3.05, 3.63) is 53.9 Å². The van der Waals surface area contributed by atoms with Crippen LogP contribution in [0.2, 0.25) is 0 Å². The summed E-state index contributed by atoms with van der Waals surface area (Å²) in [7, 11) is 1.91. The molecule has 1 aromatic carbocycles. The molecule has 0 spiro atoms. The summed E-state index contributed by atoms with van der Waals surface area (Å²) in [5.74, 6) is 1.09. The maximum atomic E-state index is 11.7. The Balaban J connectivity index is 1.26. The molecule has 2 aliphatic heterocycles. The lowest BCUT2D eigenvalue weighted by atomic mass is 10.0. The minimum Gasteiger partial charge on any atom is -0.339 e. The molecule has 6 heteroatoms. The molecule has 2 fully saturated rings. The molecule has 27 heavy (non-hydrogen) atoms. The van der Waals surface area contributed by atoms with Crippen LogP contribution in [0.1, 0.15) is 30.0 Å². The second-order valence-electron chi connectivity index (χ2n) is 7.43. The number of benzene rings is 1. The van der Waals surface area contributed by atoms with E-state index in [4.69, 9.17) is 0 Å². The molecule has 142 valence electrons. The summed E-state index contributed by atoms with van der Waals surface area (Å²) in [6, 6.07) is 10.9. The molecule has 0 aliphatic carbocycles. The number of piperazine rings is 1. The molecule has 1 unspecified atom stereocenters. The normalized spacial score (nSPS) is 21.1. The maximum absolute atomic E-state index is 11.7. The van der Waals surface area contributed by atoms with Gasteiger partial charge in [-0.3, -0.25) is 9.69 Å². The summed E-state index contributed by atoms with van der Waals surface area (Å²) < 4.78 is 0. The van der Waals surface area contributed by atoms with Crippen molar-refractivity contribution >= 4 is 11.9 Å². The Kier molecular flexibility index (Phi) is 5.34. The lowest BCUT2D eigenvalue weighted by Crippen LogP contribution is -2.47. The van der Waals surface area contributed by atoms with Crippen LogP contribution in [0.25, 0.3) is 0 Å². The van der Waals surface area contributed by atoms with Crippen LogP contribution in [0, 0.1) is 0 Å². The minimum atomic E-state index is 0.250. The summed E-state index contributed by atoms with van der Waals surface area (Å²) in [6.45, 7) is 5.12. The molecule has 0 bridgehead atoms. The van der Waals surface area contributed by atoms with Gasteiger partial charge in [0.25, 0.3) is 0 Å². The molecule has 6 nitrogen and oxygen atoms in total. The van der Waals surface area contributed by atoms with Gasteiger partial charge in [0, 0.05) is 58.6 Å². The monoisotopic (exact) mass is 365 g/mol. The van der Waals surface area contributed by atoms with Crippen LogP contribution >= 0.6 is 0 Å². The molecule has 2 saturated heterocycles. The number of amides is 1. The third-order valence-electron chi connectivity index (χ3n) is 5.78. The van der Waals surface area contributed by atoms with E-state index in [0.29, 0.717) is 6.42 Å². The fraction of sp³-hybridized carbons (Fsp3) is 0.476. The van der Waals surface area contributed by atoms with Gasteiger partial charge in [-0.1, -0.05) is 24.3 Å². The van der Waals surface area contributed by atoms with Gasteiger partial charge in [-0.15, -0.1) is 0 Å². The van der Waals surface area contributed by atoms with E-state index < -0.39 is 0 Å². The van der Waals surface area contributed by atoms with Gasteiger partial charge in [0.2, 0.25) is 11.9 Å². The van der Waals surface area contributed by atoms with Crippen molar-refractivity contribution in [3.8, 4) is 0 Å².